The fraction of sp³-hybridized carbons (Fsp3) is 0.200. The summed E-state index contributed by atoms with van der Waals surface area (Å²) in [6, 6.07) is 2.00. The van der Waals surface area contributed by atoms with Crippen molar-refractivity contribution in [1.82, 2.24) is 9.55 Å². The van der Waals surface area contributed by atoms with Crippen molar-refractivity contribution in [3.8, 4) is 0 Å². The van der Waals surface area contributed by atoms with Crippen LogP contribution in [-0.4, -0.2) is 9.55 Å². The molecule has 0 N–H and O–H groups in total. The molecule has 2 aromatic rings. The minimum Gasteiger partial charge on any atom is -0.310 e. The van der Waals surface area contributed by atoms with Gasteiger partial charge in [-0.25, -0.2) is 0 Å². The number of hydrogen-bond donors (Lipinski definition) is 0. The van der Waals surface area contributed by atoms with Crippen LogP contribution in [0.3, 0.4) is 0 Å². The molecule has 2 aromatic heterocycles. The summed E-state index contributed by atoms with van der Waals surface area (Å²) in [5.74, 6) is 0. The molecule has 90 valence electrons. The van der Waals surface area contributed by atoms with Gasteiger partial charge < -0.3 is 4.57 Å². The Morgan fingerprint density at radius 1 is 1.41 bits per heavy atom. The van der Waals surface area contributed by atoms with Crippen molar-refractivity contribution in [2.24, 2.45) is 0 Å². The molecule has 0 aliphatic heterocycles. The van der Waals surface area contributed by atoms with Gasteiger partial charge in [-0.2, -0.15) is 13.2 Å². The zero-order chi connectivity index (χ0) is 12.5. The quantitative estimate of drug-likeness (QED) is 0.831. The number of rotatable bonds is 2. The standard InChI is InChI=1S/C10H7F3N2OS/c11-10(12,13)8-2-1-3-15(9(8)16)5-7-4-14-6-17-7/h1-4,6H,5H2. The van der Waals surface area contributed by atoms with Crippen molar-refractivity contribution in [2.75, 3.05) is 0 Å². The molecule has 0 amide bonds. The lowest BCUT2D eigenvalue weighted by atomic mass is 10.2. The number of hydrogen-bond acceptors (Lipinski definition) is 3. The first-order valence-corrected chi connectivity index (χ1v) is 5.50. The molecule has 0 aliphatic carbocycles. The van der Waals surface area contributed by atoms with Crippen LogP contribution in [0.1, 0.15) is 10.4 Å². The number of aromatic nitrogens is 2. The van der Waals surface area contributed by atoms with Crippen LogP contribution in [0, 0.1) is 0 Å². The Hall–Kier alpha value is -1.63. The lowest BCUT2D eigenvalue weighted by molar-refractivity contribution is -0.138. The van der Waals surface area contributed by atoms with Crippen LogP contribution in [0.25, 0.3) is 0 Å². The van der Waals surface area contributed by atoms with Gasteiger partial charge in [0.1, 0.15) is 5.56 Å². The maximum atomic E-state index is 12.5. The normalized spacial score (nSPS) is 11.7. The number of nitrogens with zero attached hydrogens (tertiary/aromatic N) is 2. The molecule has 0 unspecified atom stereocenters. The van der Waals surface area contributed by atoms with Crippen molar-refractivity contribution >= 4 is 11.3 Å². The molecule has 0 aliphatic rings. The molecule has 2 heterocycles. The van der Waals surface area contributed by atoms with Gasteiger partial charge in [0.15, 0.2) is 0 Å². The average molecular weight is 260 g/mol. The van der Waals surface area contributed by atoms with Gasteiger partial charge in [-0.05, 0) is 12.1 Å². The van der Waals surface area contributed by atoms with Gasteiger partial charge in [-0.1, -0.05) is 0 Å². The van der Waals surface area contributed by atoms with Crippen LogP contribution >= 0.6 is 11.3 Å². The average Bonchev–Trinajstić information content (AvgIpc) is 2.72. The summed E-state index contributed by atoms with van der Waals surface area (Å²) in [4.78, 5) is 16.1. The maximum absolute atomic E-state index is 12.5. The second-order valence-corrected chi connectivity index (χ2v) is 4.29. The van der Waals surface area contributed by atoms with E-state index in [1.54, 1.807) is 5.51 Å². The largest absolute Gasteiger partial charge is 0.421 e. The number of thiazole rings is 1. The van der Waals surface area contributed by atoms with Crippen molar-refractivity contribution < 1.29 is 13.2 Å². The van der Waals surface area contributed by atoms with E-state index in [-0.39, 0.29) is 6.54 Å². The van der Waals surface area contributed by atoms with Crippen molar-refractivity contribution in [3.63, 3.8) is 0 Å². The van der Waals surface area contributed by atoms with Gasteiger partial charge in [0.25, 0.3) is 5.56 Å². The molecule has 0 bridgehead atoms. The van der Waals surface area contributed by atoms with Crippen molar-refractivity contribution in [3.05, 3.63) is 50.8 Å². The number of pyridine rings is 1. The molecule has 0 aromatic carbocycles. The summed E-state index contributed by atoms with van der Waals surface area (Å²) in [6.45, 7) is 0.105. The lowest BCUT2D eigenvalue weighted by Gasteiger charge is -2.09. The number of alkyl halides is 3. The Morgan fingerprint density at radius 3 is 2.76 bits per heavy atom. The van der Waals surface area contributed by atoms with E-state index in [1.165, 1.54) is 29.8 Å². The van der Waals surface area contributed by atoms with Crippen LogP contribution in [0.15, 0.2) is 34.8 Å². The first-order chi connectivity index (χ1) is 7.98. The Morgan fingerprint density at radius 2 is 2.18 bits per heavy atom. The van der Waals surface area contributed by atoms with Gasteiger partial charge in [-0.15, -0.1) is 11.3 Å². The minimum absolute atomic E-state index is 0.105. The van der Waals surface area contributed by atoms with Gasteiger partial charge in [0, 0.05) is 17.3 Å². The SMILES string of the molecule is O=c1c(C(F)(F)F)cccn1Cc1cncs1. The minimum atomic E-state index is -4.62. The van der Waals surface area contributed by atoms with Crippen LogP contribution in [0.5, 0.6) is 0 Å². The van der Waals surface area contributed by atoms with Crippen LogP contribution < -0.4 is 5.56 Å². The second kappa shape index (κ2) is 4.33. The molecule has 0 spiro atoms. The molecule has 0 atom stereocenters. The first-order valence-electron chi connectivity index (χ1n) is 4.62. The molecule has 0 saturated carbocycles. The fourth-order valence-corrected chi connectivity index (χ4v) is 1.96. The maximum Gasteiger partial charge on any atom is 0.421 e. The van der Waals surface area contributed by atoms with E-state index in [4.69, 9.17) is 0 Å². The molecular formula is C10H7F3N2OS. The highest BCUT2D eigenvalue weighted by atomic mass is 32.1. The smallest absolute Gasteiger partial charge is 0.310 e. The highest BCUT2D eigenvalue weighted by Gasteiger charge is 2.34. The molecule has 3 nitrogen and oxygen atoms in total. The fourth-order valence-electron chi connectivity index (χ4n) is 1.37. The highest BCUT2D eigenvalue weighted by molar-refractivity contribution is 7.09. The summed E-state index contributed by atoms with van der Waals surface area (Å²) in [7, 11) is 0. The van der Waals surface area contributed by atoms with Crippen LogP contribution in [0.2, 0.25) is 0 Å². The van der Waals surface area contributed by atoms with Gasteiger partial charge in [-0.3, -0.25) is 9.78 Å². The van der Waals surface area contributed by atoms with Gasteiger partial charge in [0.05, 0.1) is 12.1 Å². The van der Waals surface area contributed by atoms with E-state index < -0.39 is 17.3 Å². The lowest BCUT2D eigenvalue weighted by Crippen LogP contribution is -2.28. The Kier molecular flexibility index (Phi) is 3.01. The van der Waals surface area contributed by atoms with E-state index in [1.807, 2.05) is 0 Å². The molecular weight excluding hydrogens is 253 g/mol. The summed E-state index contributed by atoms with van der Waals surface area (Å²) in [5.41, 5.74) is -0.619. The van der Waals surface area contributed by atoms with Crippen LogP contribution in [0.4, 0.5) is 13.2 Å². The molecule has 0 fully saturated rings. The van der Waals surface area contributed by atoms with Crippen molar-refractivity contribution in [1.29, 1.82) is 0 Å². The highest BCUT2D eigenvalue weighted by Crippen LogP contribution is 2.26. The molecule has 0 saturated heterocycles. The molecule has 0 radical (unpaired) electrons. The second-order valence-electron chi connectivity index (χ2n) is 3.32. The summed E-state index contributed by atoms with van der Waals surface area (Å²) in [6.07, 6.45) is -1.76. The zero-order valence-corrected chi connectivity index (χ0v) is 9.26. The van der Waals surface area contributed by atoms with E-state index in [0.717, 1.165) is 15.5 Å². The van der Waals surface area contributed by atoms with E-state index >= 15 is 0 Å². The predicted octanol–water partition coefficient (Wildman–Crippen LogP) is 2.37. The summed E-state index contributed by atoms with van der Waals surface area (Å²) < 4.78 is 38.5. The first kappa shape index (κ1) is 11.8. The van der Waals surface area contributed by atoms with Gasteiger partial charge >= 0.3 is 6.18 Å². The summed E-state index contributed by atoms with van der Waals surface area (Å²) >= 11 is 1.29. The molecule has 17 heavy (non-hydrogen) atoms. The van der Waals surface area contributed by atoms with Crippen molar-refractivity contribution in [2.45, 2.75) is 12.7 Å². The number of halogens is 3. The zero-order valence-electron chi connectivity index (χ0n) is 8.44. The van der Waals surface area contributed by atoms with Crippen LogP contribution in [-0.2, 0) is 12.7 Å². The molecule has 2 rings (SSSR count). The van der Waals surface area contributed by atoms with E-state index in [2.05, 4.69) is 4.98 Å². The third-order valence-corrected chi connectivity index (χ3v) is 2.90. The molecule has 7 heteroatoms. The predicted molar refractivity (Wildman–Crippen MR) is 56.9 cm³/mol. The monoisotopic (exact) mass is 260 g/mol. The van der Waals surface area contributed by atoms with E-state index in [0.29, 0.717) is 0 Å². The summed E-state index contributed by atoms with van der Waals surface area (Å²) in [5, 5.41) is 0. The Bertz CT molecular complexity index is 560. The van der Waals surface area contributed by atoms with Gasteiger partial charge in [0.2, 0.25) is 0 Å². The Balaban J connectivity index is 2.40. The van der Waals surface area contributed by atoms with E-state index in [9.17, 15) is 18.0 Å². The Labute approximate surface area is 98.2 Å². The third kappa shape index (κ3) is 2.55. The third-order valence-electron chi connectivity index (χ3n) is 2.14. The topological polar surface area (TPSA) is 34.9 Å².